The first kappa shape index (κ1) is 31.4. The van der Waals surface area contributed by atoms with Crippen molar-refractivity contribution >= 4 is 14.5 Å². The molecule has 3 heteroatoms. The highest BCUT2D eigenvalue weighted by atomic mass is 27.2. The summed E-state index contributed by atoms with van der Waals surface area (Å²) in [5.41, 5.74) is 2.65. The van der Waals surface area contributed by atoms with E-state index in [1.807, 2.05) is 0 Å². The van der Waals surface area contributed by atoms with Gasteiger partial charge < -0.3 is 8.53 Å². The second-order valence-corrected chi connectivity index (χ2v) is 15.0. The molecule has 0 N–H and O–H groups in total. The fourth-order valence-electron chi connectivity index (χ4n) is 4.69. The van der Waals surface area contributed by atoms with Gasteiger partial charge in [-0.3, -0.25) is 0 Å². The van der Waals surface area contributed by atoms with Crippen LogP contribution in [0.3, 0.4) is 0 Å². The second kappa shape index (κ2) is 16.2. The normalized spacial score (nSPS) is 12.1. The quantitative estimate of drug-likeness (QED) is 0.160. The molecule has 0 spiro atoms. The van der Waals surface area contributed by atoms with Gasteiger partial charge in [-0.1, -0.05) is 143 Å². The van der Waals surface area contributed by atoms with E-state index in [1.165, 1.54) is 104 Å². The molecule has 196 valence electrons. The van der Waals surface area contributed by atoms with Crippen LogP contribution in [0.4, 0.5) is 0 Å². The van der Waals surface area contributed by atoms with Crippen LogP contribution in [0.5, 0.6) is 11.5 Å². The number of ether oxygens (including phenoxy) is 1. The van der Waals surface area contributed by atoms with Crippen molar-refractivity contribution in [2.24, 2.45) is 0 Å². The van der Waals surface area contributed by atoms with E-state index in [0.29, 0.717) is 0 Å². The molecule has 0 unspecified atom stereocenters. The predicted molar refractivity (Wildman–Crippen MR) is 153 cm³/mol. The van der Waals surface area contributed by atoms with Gasteiger partial charge in [0.25, 0.3) is 0 Å². The largest absolute Gasteiger partial charge is 0.642 e. The van der Waals surface area contributed by atoms with E-state index in [-0.39, 0.29) is 10.8 Å². The number of rotatable bonds is 17. The van der Waals surface area contributed by atoms with Crippen molar-refractivity contribution in [2.45, 2.75) is 154 Å². The third kappa shape index (κ3) is 11.9. The third-order valence-electron chi connectivity index (χ3n) is 6.96. The van der Waals surface area contributed by atoms with Crippen molar-refractivity contribution in [3.8, 4) is 11.5 Å². The Labute approximate surface area is 218 Å². The molecule has 0 bridgehead atoms. The van der Waals surface area contributed by atoms with Gasteiger partial charge >= 0.3 is 14.5 Å². The van der Waals surface area contributed by atoms with Gasteiger partial charge in [0.1, 0.15) is 5.75 Å². The zero-order chi connectivity index (χ0) is 25.6. The highest BCUT2D eigenvalue weighted by Crippen LogP contribution is 2.43. The summed E-state index contributed by atoms with van der Waals surface area (Å²) >= 11 is -1.34. The molecule has 0 radical (unpaired) electrons. The molecule has 0 saturated carbocycles. The molecule has 0 saturated heterocycles. The topological polar surface area (TPSA) is 18.5 Å². The van der Waals surface area contributed by atoms with E-state index in [1.54, 1.807) is 7.11 Å². The van der Waals surface area contributed by atoms with E-state index in [4.69, 9.17) is 8.53 Å². The zero-order valence-electron chi connectivity index (χ0n) is 24.4. The predicted octanol–water partition coefficient (Wildman–Crippen LogP) is 10.4. The van der Waals surface area contributed by atoms with E-state index in [9.17, 15) is 0 Å². The summed E-state index contributed by atoms with van der Waals surface area (Å²) in [6.07, 6.45) is 16.4. The molecule has 0 atom stereocenters. The number of benzene rings is 1. The second-order valence-electron chi connectivity index (χ2n) is 12.4. The molecule has 0 aliphatic rings. The summed E-state index contributed by atoms with van der Waals surface area (Å²) in [7, 11) is 1.78. The van der Waals surface area contributed by atoms with Gasteiger partial charge in [-0.15, -0.1) is 0 Å². The number of hydrogen-bond donors (Lipinski definition) is 0. The standard InChI is InChI=1S/C15H24O2.2C8H17.Al/c1-14(2,3)11-8-10(17-7)9-12(13(11)16)15(4,5)6;2*1-3-5-7-8-6-4-2;/h8-9,16H,1-7H3;2*1,3-8H2,2H3;/q;;;+1/p-1. The lowest BCUT2D eigenvalue weighted by atomic mass is 9.79. The maximum Gasteiger partial charge on any atom is 0.546 e. The fourth-order valence-corrected chi connectivity index (χ4v) is 7.29. The molecule has 1 rings (SSSR count). The highest BCUT2D eigenvalue weighted by Gasteiger charge is 2.31. The average molecular weight is 489 g/mol. The maximum absolute atomic E-state index is 7.17. The monoisotopic (exact) mass is 488 g/mol. The van der Waals surface area contributed by atoms with E-state index < -0.39 is 14.5 Å². The minimum Gasteiger partial charge on any atom is -0.642 e. The van der Waals surface area contributed by atoms with Crippen molar-refractivity contribution in [2.75, 3.05) is 7.11 Å². The maximum atomic E-state index is 7.17. The Bertz CT molecular complexity index is 618. The van der Waals surface area contributed by atoms with Crippen molar-refractivity contribution in [1.29, 1.82) is 0 Å². The van der Waals surface area contributed by atoms with Gasteiger partial charge in [-0.25, -0.2) is 0 Å². The van der Waals surface area contributed by atoms with Gasteiger partial charge in [0, 0.05) is 0 Å². The van der Waals surface area contributed by atoms with E-state index >= 15 is 0 Å². The first-order valence-electron chi connectivity index (χ1n) is 14.4. The molecule has 34 heavy (non-hydrogen) atoms. The minimum atomic E-state index is -1.34. The van der Waals surface area contributed by atoms with Gasteiger partial charge in [-0.05, 0) is 34.1 Å². The van der Waals surface area contributed by atoms with Gasteiger partial charge in [-0.2, -0.15) is 0 Å². The fraction of sp³-hybridized carbons (Fsp3) is 0.806. The Balaban J connectivity index is 3.09. The van der Waals surface area contributed by atoms with E-state index in [0.717, 1.165) is 5.75 Å². The molecule has 0 heterocycles. The number of hydrogen-bond acceptors (Lipinski definition) is 2. The minimum absolute atomic E-state index is 0.0170. The lowest BCUT2D eigenvalue weighted by molar-refractivity contribution is 0.405. The average Bonchev–Trinajstić information content (AvgIpc) is 2.76. The molecule has 2 nitrogen and oxygen atoms in total. The molecular formula is C31H57AlO2. The molecule has 0 fully saturated rings. The third-order valence-corrected chi connectivity index (χ3v) is 9.63. The van der Waals surface area contributed by atoms with Crippen molar-refractivity contribution < 1.29 is 8.53 Å². The first-order chi connectivity index (χ1) is 16.0. The Morgan fingerprint density at radius 3 is 1.35 bits per heavy atom. The van der Waals surface area contributed by atoms with Crippen molar-refractivity contribution in [1.82, 2.24) is 0 Å². The number of methoxy groups -OCH3 is 1. The lowest BCUT2D eigenvalue weighted by Gasteiger charge is -2.32. The van der Waals surface area contributed by atoms with Gasteiger partial charge in [0.15, 0.2) is 0 Å². The molecular weight excluding hydrogens is 431 g/mol. The van der Waals surface area contributed by atoms with Crippen LogP contribution in [-0.2, 0) is 10.8 Å². The van der Waals surface area contributed by atoms with E-state index in [2.05, 4.69) is 67.5 Å². The lowest BCUT2D eigenvalue weighted by Crippen LogP contribution is -2.27. The van der Waals surface area contributed by atoms with Crippen LogP contribution in [-0.4, -0.2) is 21.6 Å². The molecule has 0 amide bonds. The van der Waals surface area contributed by atoms with Crippen LogP contribution in [0.25, 0.3) is 0 Å². The Morgan fingerprint density at radius 1 is 0.618 bits per heavy atom. The molecule has 0 aliphatic carbocycles. The highest BCUT2D eigenvalue weighted by molar-refractivity contribution is 6.52. The molecule has 1 aromatic rings. The summed E-state index contributed by atoms with van der Waals surface area (Å²) in [4.78, 5) is 0. The number of unbranched alkanes of at least 4 members (excludes halogenated alkanes) is 10. The van der Waals surface area contributed by atoms with Crippen LogP contribution in [0.2, 0.25) is 10.6 Å². The van der Waals surface area contributed by atoms with Crippen molar-refractivity contribution in [3.05, 3.63) is 23.3 Å². The Kier molecular flexibility index (Phi) is 14.9. The Morgan fingerprint density at radius 2 is 1.00 bits per heavy atom. The van der Waals surface area contributed by atoms with Crippen LogP contribution in [0, 0.1) is 0 Å². The van der Waals surface area contributed by atoms with Crippen LogP contribution >= 0.6 is 0 Å². The molecule has 0 aliphatic heterocycles. The smallest absolute Gasteiger partial charge is 0.546 e. The summed E-state index contributed by atoms with van der Waals surface area (Å²) in [5.74, 6) is 2.13. The Hall–Kier alpha value is -0.648. The van der Waals surface area contributed by atoms with Crippen LogP contribution < -0.4 is 8.53 Å². The molecule has 1 aromatic carbocycles. The van der Waals surface area contributed by atoms with Crippen LogP contribution in [0.1, 0.15) is 144 Å². The summed E-state index contributed by atoms with van der Waals surface area (Å²) in [6.45, 7) is 18.4. The van der Waals surface area contributed by atoms with Gasteiger partial charge in [0.2, 0.25) is 0 Å². The summed E-state index contributed by atoms with van der Waals surface area (Å²) in [5, 5.41) is 2.61. The summed E-state index contributed by atoms with van der Waals surface area (Å²) in [6, 6.07) is 4.46. The zero-order valence-corrected chi connectivity index (χ0v) is 25.6. The molecule has 0 aromatic heterocycles. The first-order valence-corrected chi connectivity index (χ1v) is 16.5. The van der Waals surface area contributed by atoms with Gasteiger partial charge in [0.05, 0.1) is 12.9 Å². The van der Waals surface area contributed by atoms with Crippen LogP contribution in [0.15, 0.2) is 12.1 Å². The summed E-state index contributed by atoms with van der Waals surface area (Å²) < 4.78 is 12.9. The van der Waals surface area contributed by atoms with Crippen molar-refractivity contribution in [3.63, 3.8) is 0 Å². The SMILES string of the molecule is CCCCCCC[CH2][Al]([CH2]CCCCCCC)[O]c1c(C(C)(C)C)cc(OC)cc1C(C)(C)C.